The minimum Gasteiger partial charge on any atom is -0.321 e. The second-order valence-corrected chi connectivity index (χ2v) is 10.8. The van der Waals surface area contributed by atoms with Crippen LogP contribution in [0.25, 0.3) is 6.08 Å². The van der Waals surface area contributed by atoms with Crippen LogP contribution in [0.2, 0.25) is 0 Å². The smallest absolute Gasteiger partial charge is 0.272 e. The summed E-state index contributed by atoms with van der Waals surface area (Å²) in [6.45, 7) is 3.35. The average molecular weight is 608 g/mol. The molecule has 1 unspecified atom stereocenters. The summed E-state index contributed by atoms with van der Waals surface area (Å²) in [4.78, 5) is 39.1. The van der Waals surface area contributed by atoms with E-state index < -0.39 is 51.9 Å². The van der Waals surface area contributed by atoms with Crippen LogP contribution in [0, 0.1) is 30.2 Å². The molecule has 0 aliphatic carbocycles. The van der Waals surface area contributed by atoms with E-state index in [0.29, 0.717) is 21.7 Å². The lowest BCUT2D eigenvalue weighted by Crippen LogP contribution is -2.30. The van der Waals surface area contributed by atoms with Crippen molar-refractivity contribution in [3.63, 3.8) is 0 Å². The molecule has 0 aliphatic rings. The maximum absolute atomic E-state index is 13.9. The lowest BCUT2D eigenvalue weighted by molar-refractivity contribution is -0.115. The third-order valence-electron chi connectivity index (χ3n) is 6.04. The maximum Gasteiger partial charge on any atom is 0.272 e. The van der Waals surface area contributed by atoms with E-state index in [0.717, 1.165) is 17.3 Å². The summed E-state index contributed by atoms with van der Waals surface area (Å²) in [7, 11) is 0. The molecule has 0 saturated heterocycles. The van der Waals surface area contributed by atoms with Gasteiger partial charge in [0.25, 0.3) is 11.8 Å². The van der Waals surface area contributed by atoms with Crippen LogP contribution in [0.4, 0.5) is 28.9 Å². The van der Waals surface area contributed by atoms with Gasteiger partial charge in [-0.15, -0.1) is 11.8 Å². The molecular formula is C32H25F4N3O3S. The molecule has 4 aromatic rings. The highest BCUT2D eigenvalue weighted by Gasteiger charge is 2.23. The van der Waals surface area contributed by atoms with Gasteiger partial charge in [-0.05, 0) is 61.9 Å². The molecule has 4 rings (SSSR count). The molecule has 0 aromatic heterocycles. The van der Waals surface area contributed by atoms with E-state index >= 15 is 0 Å². The molecule has 3 amide bonds. The van der Waals surface area contributed by atoms with E-state index in [4.69, 9.17) is 0 Å². The summed E-state index contributed by atoms with van der Waals surface area (Å²) in [6, 6.07) is 22.2. The molecule has 3 N–H and O–H groups in total. The van der Waals surface area contributed by atoms with Gasteiger partial charge in [0.15, 0.2) is 23.3 Å². The van der Waals surface area contributed by atoms with Crippen LogP contribution in [-0.2, 0) is 9.59 Å². The van der Waals surface area contributed by atoms with Gasteiger partial charge in [0, 0.05) is 22.2 Å². The molecule has 6 nitrogen and oxygen atoms in total. The Kier molecular flexibility index (Phi) is 9.99. The van der Waals surface area contributed by atoms with Crippen LogP contribution in [-0.4, -0.2) is 23.0 Å². The largest absolute Gasteiger partial charge is 0.321 e. The molecule has 0 aliphatic heterocycles. The zero-order chi connectivity index (χ0) is 31.1. The third kappa shape index (κ3) is 8.10. The van der Waals surface area contributed by atoms with Gasteiger partial charge in [-0.3, -0.25) is 14.4 Å². The molecule has 4 aromatic carbocycles. The van der Waals surface area contributed by atoms with Crippen LogP contribution < -0.4 is 16.0 Å². The summed E-state index contributed by atoms with van der Waals surface area (Å²) >= 11 is 1.01. The molecule has 0 saturated carbocycles. The first kappa shape index (κ1) is 31.0. The Morgan fingerprint density at radius 2 is 1.44 bits per heavy atom. The van der Waals surface area contributed by atoms with Crippen LogP contribution in [0.3, 0.4) is 0 Å². The van der Waals surface area contributed by atoms with E-state index in [9.17, 15) is 31.9 Å². The topological polar surface area (TPSA) is 87.3 Å². The van der Waals surface area contributed by atoms with Crippen LogP contribution in [0.5, 0.6) is 0 Å². The summed E-state index contributed by atoms with van der Waals surface area (Å²) in [5, 5.41) is 6.37. The summed E-state index contributed by atoms with van der Waals surface area (Å²) < 4.78 is 54.8. The van der Waals surface area contributed by atoms with Crippen LogP contribution in [0.1, 0.15) is 28.4 Å². The Morgan fingerprint density at radius 1 is 0.791 bits per heavy atom. The quantitative estimate of drug-likeness (QED) is 0.0822. The minimum atomic E-state index is -1.71. The van der Waals surface area contributed by atoms with E-state index in [2.05, 4.69) is 10.6 Å². The molecule has 11 heteroatoms. The predicted octanol–water partition coefficient (Wildman–Crippen LogP) is 7.08. The maximum atomic E-state index is 13.9. The zero-order valence-electron chi connectivity index (χ0n) is 22.9. The molecular weight excluding hydrogens is 582 g/mol. The Bertz CT molecular complexity index is 1670. The van der Waals surface area contributed by atoms with Crippen molar-refractivity contribution < 1.29 is 31.9 Å². The van der Waals surface area contributed by atoms with Crippen molar-refractivity contribution >= 4 is 46.9 Å². The Balaban J connectivity index is 1.45. The Morgan fingerprint density at radius 3 is 2.07 bits per heavy atom. The van der Waals surface area contributed by atoms with Gasteiger partial charge in [0.05, 0.1) is 5.25 Å². The number of hydrogen-bond acceptors (Lipinski definition) is 4. The number of hydrogen-bond donors (Lipinski definition) is 3. The monoisotopic (exact) mass is 607 g/mol. The van der Waals surface area contributed by atoms with Gasteiger partial charge in [-0.25, -0.2) is 17.6 Å². The molecule has 0 spiro atoms. The first-order chi connectivity index (χ1) is 20.5. The summed E-state index contributed by atoms with van der Waals surface area (Å²) in [5.74, 6) is -8.61. The van der Waals surface area contributed by atoms with Crippen molar-refractivity contribution in [1.82, 2.24) is 5.32 Å². The van der Waals surface area contributed by atoms with Gasteiger partial charge in [-0.1, -0.05) is 48.0 Å². The number of anilines is 2. The molecule has 220 valence electrons. The van der Waals surface area contributed by atoms with E-state index in [1.807, 2.05) is 30.4 Å². The summed E-state index contributed by atoms with van der Waals surface area (Å²) in [6.07, 6.45) is 1.56. The fraction of sp³-hybridized carbons (Fsp3) is 0.0938. The van der Waals surface area contributed by atoms with E-state index in [-0.39, 0.29) is 11.8 Å². The highest BCUT2D eigenvalue weighted by atomic mass is 32.2. The fourth-order valence-electron chi connectivity index (χ4n) is 3.85. The number of halogens is 4. The van der Waals surface area contributed by atoms with E-state index in [1.54, 1.807) is 66.7 Å². The third-order valence-corrected chi connectivity index (χ3v) is 7.15. The normalized spacial score (nSPS) is 11.9. The highest BCUT2D eigenvalue weighted by molar-refractivity contribution is 8.00. The van der Waals surface area contributed by atoms with Crippen LogP contribution in [0.15, 0.2) is 95.5 Å². The van der Waals surface area contributed by atoms with Crippen molar-refractivity contribution in [2.24, 2.45) is 0 Å². The Hall–Kier alpha value is -4.90. The van der Waals surface area contributed by atoms with Crippen molar-refractivity contribution in [3.8, 4) is 0 Å². The minimum absolute atomic E-state index is 0.0106. The molecule has 0 fully saturated rings. The van der Waals surface area contributed by atoms with Crippen molar-refractivity contribution in [2.75, 3.05) is 10.6 Å². The zero-order valence-corrected chi connectivity index (χ0v) is 23.7. The molecule has 43 heavy (non-hydrogen) atoms. The first-order valence-corrected chi connectivity index (χ1v) is 13.8. The van der Waals surface area contributed by atoms with Gasteiger partial charge in [0.2, 0.25) is 5.91 Å². The fourth-order valence-corrected chi connectivity index (χ4v) is 4.72. The van der Waals surface area contributed by atoms with Crippen molar-refractivity contribution in [2.45, 2.75) is 24.0 Å². The summed E-state index contributed by atoms with van der Waals surface area (Å²) in [5.41, 5.74) is 1.24. The van der Waals surface area contributed by atoms with Gasteiger partial charge >= 0.3 is 0 Å². The molecule has 0 radical (unpaired) electrons. The number of benzene rings is 4. The van der Waals surface area contributed by atoms with Gasteiger partial charge in [-0.2, -0.15) is 0 Å². The number of aryl methyl sites for hydroxylation is 1. The second kappa shape index (κ2) is 13.8. The molecule has 0 bridgehead atoms. The van der Waals surface area contributed by atoms with Crippen molar-refractivity contribution in [3.05, 3.63) is 131 Å². The number of carbonyl (C=O) groups excluding carboxylic acids is 3. The van der Waals surface area contributed by atoms with Gasteiger partial charge < -0.3 is 16.0 Å². The SMILES string of the molecule is Cc1cccc(/C=C(\NC(=O)c2ccccc2)C(=O)Nc2ccc(SC(C)C(=O)Nc3c(F)c(F)cc(F)c3F)cc2)c1. The predicted molar refractivity (Wildman–Crippen MR) is 158 cm³/mol. The number of nitrogens with one attached hydrogen (secondary N) is 3. The number of carbonyl (C=O) groups is 3. The number of amides is 3. The molecule has 0 heterocycles. The first-order valence-electron chi connectivity index (χ1n) is 12.9. The average Bonchev–Trinajstić information content (AvgIpc) is 2.99. The number of rotatable bonds is 9. The van der Waals surface area contributed by atoms with Gasteiger partial charge in [0.1, 0.15) is 11.4 Å². The van der Waals surface area contributed by atoms with Crippen molar-refractivity contribution in [1.29, 1.82) is 0 Å². The highest BCUT2D eigenvalue weighted by Crippen LogP contribution is 2.28. The Labute approximate surface area is 249 Å². The standard InChI is InChI=1S/C32H25F4N3O3S/c1-18-7-6-8-20(15-18)16-26(38-31(41)21-9-4-3-5-10-21)32(42)37-22-11-13-23(14-12-22)43-19(2)30(40)39-29-27(35)24(33)17-25(34)28(29)36/h3-17,19H,1-2H3,(H,37,42)(H,38,41)(H,39,40)/b26-16-. The van der Waals surface area contributed by atoms with E-state index in [1.165, 1.54) is 6.92 Å². The number of thioether (sulfide) groups is 1. The second-order valence-electron chi connectivity index (χ2n) is 9.36. The lowest BCUT2D eigenvalue weighted by Gasteiger charge is -2.14. The lowest BCUT2D eigenvalue weighted by atomic mass is 10.1. The van der Waals surface area contributed by atoms with Crippen LogP contribution >= 0.6 is 11.8 Å². The molecule has 1 atom stereocenters.